The van der Waals surface area contributed by atoms with Gasteiger partial charge in [0.15, 0.2) is 26.1 Å². The Labute approximate surface area is 205 Å². The van der Waals surface area contributed by atoms with E-state index >= 15 is 0 Å². The Kier molecular flexibility index (Phi) is 9.18. The van der Waals surface area contributed by atoms with Gasteiger partial charge < -0.3 is 14.2 Å². The zero-order valence-electron chi connectivity index (χ0n) is 18.8. The van der Waals surface area contributed by atoms with Gasteiger partial charge in [-0.1, -0.05) is 5.92 Å². The Balaban J connectivity index is 0.00000408. The number of hydrogen-bond donors (Lipinski definition) is 2. The Bertz CT molecular complexity index is 1140. The van der Waals surface area contributed by atoms with Gasteiger partial charge in [-0.3, -0.25) is 14.9 Å². The van der Waals surface area contributed by atoms with Crippen LogP contribution in [-0.4, -0.2) is 63.0 Å². The number of ether oxygens (including phenoxy) is 3. The quantitative estimate of drug-likeness (QED) is 0.316. The highest BCUT2D eigenvalue weighted by atomic mass is 35.5. The SMILES string of the molecule is C#CCN1CCC(C(=O)NO)(S(=O)(=O)c2ccc(Oc3ccc(OC)c(OC)c3)cc2)CC1.Cl. The molecule has 34 heavy (non-hydrogen) atoms. The number of amides is 1. The number of methoxy groups -OCH3 is 2. The molecule has 0 atom stereocenters. The maximum Gasteiger partial charge on any atom is 0.265 e. The van der Waals surface area contributed by atoms with Crippen LogP contribution in [0, 0.1) is 12.3 Å². The average Bonchev–Trinajstić information content (AvgIpc) is 2.84. The molecule has 2 N–H and O–H groups in total. The maximum absolute atomic E-state index is 13.5. The fourth-order valence-corrected chi connectivity index (χ4v) is 5.81. The van der Waals surface area contributed by atoms with Crippen LogP contribution in [0.5, 0.6) is 23.0 Å². The standard InChI is InChI=1S/C23H26N2O7S.ClH/c1-4-13-25-14-11-23(12-15-25,22(26)24-27)33(28,29)19-8-5-17(6-9-19)32-18-7-10-20(30-2)21(16-18)31-3;/h1,5-10,16,27H,11-15H2,2-3H3,(H,24,26);1H. The summed E-state index contributed by atoms with van der Waals surface area (Å²) in [7, 11) is -1.09. The van der Waals surface area contributed by atoms with E-state index < -0.39 is 20.5 Å². The van der Waals surface area contributed by atoms with Crippen molar-refractivity contribution in [3.05, 3.63) is 42.5 Å². The maximum atomic E-state index is 13.5. The Hall–Kier alpha value is -2.97. The molecule has 2 aromatic carbocycles. The Morgan fingerprint density at radius 2 is 1.68 bits per heavy atom. The molecule has 0 aromatic heterocycles. The van der Waals surface area contributed by atoms with E-state index in [1.165, 1.54) is 44.0 Å². The molecular weight excluding hydrogens is 484 g/mol. The first-order chi connectivity index (χ1) is 15.8. The van der Waals surface area contributed by atoms with Crippen LogP contribution in [0.3, 0.4) is 0 Å². The molecule has 0 bridgehead atoms. The first-order valence-electron chi connectivity index (χ1n) is 10.2. The molecule has 2 aromatic rings. The molecule has 1 amide bonds. The summed E-state index contributed by atoms with van der Waals surface area (Å²) in [5.41, 5.74) is 1.54. The van der Waals surface area contributed by atoms with Gasteiger partial charge in [0, 0.05) is 19.2 Å². The number of nitrogens with zero attached hydrogens (tertiary/aromatic N) is 1. The van der Waals surface area contributed by atoms with Crippen molar-refractivity contribution >= 4 is 28.2 Å². The summed E-state index contributed by atoms with van der Waals surface area (Å²) in [6.45, 7) is 0.994. The van der Waals surface area contributed by atoms with Crippen LogP contribution in [-0.2, 0) is 14.6 Å². The lowest BCUT2D eigenvalue weighted by molar-refractivity contribution is -0.133. The number of rotatable bonds is 8. The zero-order chi connectivity index (χ0) is 24.1. The third-order valence-electron chi connectivity index (χ3n) is 5.73. The lowest BCUT2D eigenvalue weighted by Crippen LogP contribution is -2.57. The number of likely N-dealkylation sites (tertiary alicyclic amines) is 1. The van der Waals surface area contributed by atoms with Gasteiger partial charge in [0.2, 0.25) is 0 Å². The predicted molar refractivity (Wildman–Crippen MR) is 128 cm³/mol. The highest BCUT2D eigenvalue weighted by Crippen LogP contribution is 2.37. The highest BCUT2D eigenvalue weighted by Gasteiger charge is 2.52. The van der Waals surface area contributed by atoms with Crippen LogP contribution in [0.15, 0.2) is 47.4 Å². The molecule has 1 saturated heterocycles. The zero-order valence-corrected chi connectivity index (χ0v) is 20.4. The second kappa shape index (κ2) is 11.4. The molecule has 3 rings (SSSR count). The highest BCUT2D eigenvalue weighted by molar-refractivity contribution is 7.93. The summed E-state index contributed by atoms with van der Waals surface area (Å²) < 4.78 is 41.4. The van der Waals surface area contributed by atoms with E-state index in [4.69, 9.17) is 20.6 Å². The monoisotopic (exact) mass is 510 g/mol. The molecule has 1 heterocycles. The topological polar surface area (TPSA) is 114 Å². The summed E-state index contributed by atoms with van der Waals surface area (Å²) in [6, 6.07) is 10.8. The van der Waals surface area contributed by atoms with Gasteiger partial charge >= 0.3 is 0 Å². The van der Waals surface area contributed by atoms with Gasteiger partial charge in [0.25, 0.3) is 5.91 Å². The van der Waals surface area contributed by atoms with Crippen molar-refractivity contribution in [3.8, 4) is 35.3 Å². The normalized spacial score (nSPS) is 15.4. The van der Waals surface area contributed by atoms with Gasteiger partial charge in [0.1, 0.15) is 11.5 Å². The van der Waals surface area contributed by atoms with E-state index in [1.54, 1.807) is 18.2 Å². The van der Waals surface area contributed by atoms with E-state index in [0.717, 1.165) is 0 Å². The lowest BCUT2D eigenvalue weighted by Gasteiger charge is -2.38. The number of halogens is 1. The minimum Gasteiger partial charge on any atom is -0.493 e. The van der Waals surface area contributed by atoms with Gasteiger partial charge in [-0.05, 0) is 49.2 Å². The number of hydrogen-bond acceptors (Lipinski definition) is 8. The molecule has 0 spiro atoms. The van der Waals surface area contributed by atoms with E-state index in [1.807, 2.05) is 4.90 Å². The van der Waals surface area contributed by atoms with Crippen molar-refractivity contribution in [2.24, 2.45) is 0 Å². The summed E-state index contributed by atoms with van der Waals surface area (Å²) in [4.78, 5) is 14.4. The fraction of sp³-hybridized carbons (Fsp3) is 0.348. The lowest BCUT2D eigenvalue weighted by atomic mass is 9.95. The number of terminal acetylenes is 1. The molecule has 1 fully saturated rings. The number of hydroxylamine groups is 1. The number of nitrogens with one attached hydrogen (secondary N) is 1. The van der Waals surface area contributed by atoms with Crippen LogP contribution >= 0.6 is 12.4 Å². The van der Waals surface area contributed by atoms with Crippen molar-refractivity contribution in [2.75, 3.05) is 33.9 Å². The van der Waals surface area contributed by atoms with Gasteiger partial charge in [0.05, 0.1) is 25.7 Å². The Morgan fingerprint density at radius 3 is 2.21 bits per heavy atom. The number of carbonyl (C=O) groups is 1. The molecule has 9 nitrogen and oxygen atoms in total. The summed E-state index contributed by atoms with van der Waals surface area (Å²) >= 11 is 0. The number of sulfone groups is 1. The number of benzene rings is 2. The van der Waals surface area contributed by atoms with Gasteiger partial charge in [-0.25, -0.2) is 13.9 Å². The van der Waals surface area contributed by atoms with Crippen LogP contribution in [0.4, 0.5) is 0 Å². The molecule has 0 unspecified atom stereocenters. The number of carbonyl (C=O) groups excluding carboxylic acids is 1. The van der Waals surface area contributed by atoms with Crippen LogP contribution < -0.4 is 19.7 Å². The van der Waals surface area contributed by atoms with E-state index in [2.05, 4.69) is 5.92 Å². The minimum atomic E-state index is -4.13. The minimum absolute atomic E-state index is 0. The van der Waals surface area contributed by atoms with Crippen LogP contribution in [0.25, 0.3) is 0 Å². The van der Waals surface area contributed by atoms with Crippen molar-refractivity contribution in [3.63, 3.8) is 0 Å². The van der Waals surface area contributed by atoms with Crippen LogP contribution in [0.1, 0.15) is 12.8 Å². The second-order valence-electron chi connectivity index (χ2n) is 7.51. The molecule has 0 aliphatic carbocycles. The van der Waals surface area contributed by atoms with Crippen molar-refractivity contribution in [1.29, 1.82) is 0 Å². The fourth-order valence-electron chi connectivity index (χ4n) is 3.85. The smallest absolute Gasteiger partial charge is 0.265 e. The van der Waals surface area contributed by atoms with E-state index in [9.17, 15) is 18.4 Å². The van der Waals surface area contributed by atoms with Gasteiger partial charge in [-0.15, -0.1) is 18.8 Å². The molecule has 11 heteroatoms. The third kappa shape index (κ3) is 5.23. The van der Waals surface area contributed by atoms with Crippen molar-refractivity contribution in [2.45, 2.75) is 22.5 Å². The summed E-state index contributed by atoms with van der Waals surface area (Å²) in [6.07, 6.45) is 5.35. The Morgan fingerprint density at radius 1 is 1.09 bits per heavy atom. The molecule has 184 valence electrons. The number of piperidine rings is 1. The molecule has 1 aliphatic rings. The van der Waals surface area contributed by atoms with Crippen molar-refractivity contribution < 1.29 is 32.6 Å². The first kappa shape index (κ1) is 27.3. The van der Waals surface area contributed by atoms with Crippen LogP contribution in [0.2, 0.25) is 0 Å². The predicted octanol–water partition coefficient (Wildman–Crippen LogP) is 2.66. The molecule has 1 aliphatic heterocycles. The average molecular weight is 511 g/mol. The third-order valence-corrected chi connectivity index (χ3v) is 8.25. The molecule has 0 saturated carbocycles. The van der Waals surface area contributed by atoms with E-state index in [-0.39, 0.29) is 30.1 Å². The summed E-state index contributed by atoms with van der Waals surface area (Å²) in [5, 5.41) is 9.27. The molecule has 0 radical (unpaired) electrons. The first-order valence-corrected chi connectivity index (χ1v) is 11.6. The second-order valence-corrected chi connectivity index (χ2v) is 9.77. The summed E-state index contributed by atoms with van der Waals surface area (Å²) in [5.74, 6) is 3.47. The van der Waals surface area contributed by atoms with Gasteiger partial charge in [-0.2, -0.15) is 0 Å². The molecular formula is C23H27ClN2O7S. The van der Waals surface area contributed by atoms with E-state index in [0.29, 0.717) is 42.6 Å². The largest absolute Gasteiger partial charge is 0.493 e. The van der Waals surface area contributed by atoms with Crippen molar-refractivity contribution in [1.82, 2.24) is 10.4 Å².